The predicted molar refractivity (Wildman–Crippen MR) is 112 cm³/mol. The molecule has 0 atom stereocenters. The van der Waals surface area contributed by atoms with Crippen LogP contribution in [0, 0.1) is 11.6 Å². The Kier molecular flexibility index (Phi) is 5.31. The molecule has 152 valence electrons. The molecule has 1 heterocycles. The molecule has 0 spiro atoms. The number of aliphatic hydroxyl groups is 1. The number of hydrogen-bond donors (Lipinski definition) is 2. The van der Waals surface area contributed by atoms with Crippen molar-refractivity contribution in [2.24, 2.45) is 0 Å². The molecule has 2 aromatic carbocycles. The predicted octanol–water partition coefficient (Wildman–Crippen LogP) is 5.77. The second kappa shape index (κ2) is 8.06. The zero-order valence-corrected chi connectivity index (χ0v) is 16.4. The molecule has 2 N–H and O–H groups in total. The van der Waals surface area contributed by atoms with Crippen LogP contribution in [-0.4, -0.2) is 21.1 Å². The molecule has 0 unspecified atom stereocenters. The van der Waals surface area contributed by atoms with Gasteiger partial charge in [-0.1, -0.05) is 25.5 Å². The molecule has 0 fully saturated rings. The molecule has 0 saturated heterocycles. The van der Waals surface area contributed by atoms with Gasteiger partial charge in [-0.3, -0.25) is 9.89 Å². The largest absolute Gasteiger partial charge is 0.511 e. The Labute approximate surface area is 172 Å². The number of benzene rings is 2. The Bertz CT molecular complexity index is 1160. The van der Waals surface area contributed by atoms with Crippen LogP contribution >= 0.6 is 0 Å². The number of aromatic nitrogens is 2. The summed E-state index contributed by atoms with van der Waals surface area (Å²) >= 11 is 0. The van der Waals surface area contributed by atoms with Gasteiger partial charge in [0.05, 0.1) is 12.6 Å². The first kappa shape index (κ1) is 19.8. The van der Waals surface area contributed by atoms with Crippen LogP contribution in [0.3, 0.4) is 0 Å². The van der Waals surface area contributed by atoms with E-state index in [2.05, 4.69) is 17.1 Å². The Morgan fingerprint density at radius 1 is 1.03 bits per heavy atom. The van der Waals surface area contributed by atoms with Gasteiger partial charge in [0, 0.05) is 23.4 Å². The number of ketones is 1. The average Bonchev–Trinajstić information content (AvgIpc) is 3.21. The van der Waals surface area contributed by atoms with Crippen LogP contribution in [0.4, 0.5) is 8.78 Å². The lowest BCUT2D eigenvalue weighted by atomic mass is 9.84. The molecule has 0 radical (unpaired) electrons. The maximum absolute atomic E-state index is 14.1. The van der Waals surface area contributed by atoms with Gasteiger partial charge in [0.2, 0.25) is 0 Å². The van der Waals surface area contributed by atoms with Gasteiger partial charge in [0.15, 0.2) is 5.78 Å². The molecule has 4 rings (SSSR count). The van der Waals surface area contributed by atoms with Crippen molar-refractivity contribution in [3.63, 3.8) is 0 Å². The lowest BCUT2D eigenvalue weighted by Crippen LogP contribution is -2.05. The van der Waals surface area contributed by atoms with E-state index in [0.29, 0.717) is 22.3 Å². The molecule has 1 aliphatic carbocycles. The third kappa shape index (κ3) is 3.81. The summed E-state index contributed by atoms with van der Waals surface area (Å²) in [6.45, 7) is 2.06. The van der Waals surface area contributed by atoms with Crippen molar-refractivity contribution < 1.29 is 18.7 Å². The van der Waals surface area contributed by atoms with E-state index in [4.69, 9.17) is 0 Å². The van der Waals surface area contributed by atoms with E-state index in [1.807, 2.05) is 12.1 Å². The van der Waals surface area contributed by atoms with Crippen LogP contribution in [0.1, 0.15) is 30.9 Å². The molecular formula is C24H20F2N2O2. The van der Waals surface area contributed by atoms with E-state index in [9.17, 15) is 18.7 Å². The number of hydrogen-bond acceptors (Lipinski definition) is 3. The van der Waals surface area contributed by atoms with Gasteiger partial charge >= 0.3 is 0 Å². The van der Waals surface area contributed by atoms with Crippen molar-refractivity contribution in [3.05, 3.63) is 83.4 Å². The van der Waals surface area contributed by atoms with E-state index in [-0.39, 0.29) is 18.0 Å². The average molecular weight is 406 g/mol. The summed E-state index contributed by atoms with van der Waals surface area (Å²) in [5, 5.41) is 17.4. The molecule has 30 heavy (non-hydrogen) atoms. The number of nitrogens with zero attached hydrogens (tertiary/aromatic N) is 1. The molecule has 0 aliphatic heterocycles. The number of carbonyl (C=O) groups is 1. The molecule has 0 amide bonds. The van der Waals surface area contributed by atoms with E-state index in [1.165, 1.54) is 18.2 Å². The first-order chi connectivity index (χ1) is 14.5. The molecule has 1 aliphatic rings. The van der Waals surface area contributed by atoms with Crippen LogP contribution in [0.5, 0.6) is 0 Å². The topological polar surface area (TPSA) is 66.0 Å². The minimum atomic E-state index is -0.695. The zero-order chi connectivity index (χ0) is 21.3. The fraction of sp³-hybridized carbons (Fsp3) is 0.167. The van der Waals surface area contributed by atoms with Gasteiger partial charge in [-0.2, -0.15) is 5.10 Å². The van der Waals surface area contributed by atoms with Crippen molar-refractivity contribution in [3.8, 4) is 22.3 Å². The number of nitrogens with one attached hydrogen (secondary N) is 1. The second-order valence-electron chi connectivity index (χ2n) is 7.30. The van der Waals surface area contributed by atoms with Gasteiger partial charge in [-0.15, -0.1) is 0 Å². The third-order valence-corrected chi connectivity index (χ3v) is 5.08. The molecular weight excluding hydrogens is 386 g/mol. The van der Waals surface area contributed by atoms with Crippen molar-refractivity contribution in [2.45, 2.75) is 26.2 Å². The lowest BCUT2D eigenvalue weighted by Gasteiger charge is -2.20. The number of carbonyl (C=O) groups excluding carboxylic acids is 1. The van der Waals surface area contributed by atoms with Crippen LogP contribution in [0.25, 0.3) is 27.8 Å². The van der Waals surface area contributed by atoms with Crippen LogP contribution in [0.2, 0.25) is 0 Å². The summed E-state index contributed by atoms with van der Waals surface area (Å²) in [5.41, 5.74) is 4.49. The fourth-order valence-electron chi connectivity index (χ4n) is 3.82. The number of aliphatic hydroxyl groups excluding tert-OH is 1. The number of aryl methyl sites for hydroxylation is 1. The standard InChI is InChI=1S/C24H20F2N2O2/c1-2-3-14-6-21(16-12-27-28-13-16)24(15-8-17(25)10-18(26)9-15)22(7-14)20-5-4-19(29)11-23(20)30/h4-10,12-13,30H,2-3,11H2,1H3,(H,27,28). The number of allylic oxidation sites excluding steroid dienone is 4. The summed E-state index contributed by atoms with van der Waals surface area (Å²) in [6, 6.07) is 7.24. The quantitative estimate of drug-likeness (QED) is 0.565. The second-order valence-corrected chi connectivity index (χ2v) is 7.30. The first-order valence-corrected chi connectivity index (χ1v) is 9.72. The van der Waals surface area contributed by atoms with Crippen LogP contribution in [-0.2, 0) is 11.2 Å². The van der Waals surface area contributed by atoms with Gasteiger partial charge in [-0.25, -0.2) is 8.78 Å². The highest BCUT2D eigenvalue weighted by Gasteiger charge is 2.22. The van der Waals surface area contributed by atoms with Gasteiger partial charge in [0.25, 0.3) is 0 Å². The van der Waals surface area contributed by atoms with Crippen molar-refractivity contribution in [2.75, 3.05) is 0 Å². The summed E-state index contributed by atoms with van der Waals surface area (Å²) in [7, 11) is 0. The molecule has 4 nitrogen and oxygen atoms in total. The van der Waals surface area contributed by atoms with E-state index in [1.54, 1.807) is 18.5 Å². The zero-order valence-electron chi connectivity index (χ0n) is 16.4. The molecule has 0 saturated carbocycles. The Balaban J connectivity index is 2.08. The normalized spacial score (nSPS) is 13.9. The van der Waals surface area contributed by atoms with E-state index >= 15 is 0 Å². The maximum atomic E-state index is 14.1. The third-order valence-electron chi connectivity index (χ3n) is 5.08. The molecule has 6 heteroatoms. The van der Waals surface area contributed by atoms with Gasteiger partial charge in [-0.05, 0) is 58.5 Å². The Hall–Kier alpha value is -3.54. The maximum Gasteiger partial charge on any atom is 0.163 e. The number of rotatable bonds is 5. The summed E-state index contributed by atoms with van der Waals surface area (Å²) in [6.07, 6.45) is 7.90. The van der Waals surface area contributed by atoms with Crippen molar-refractivity contribution in [1.82, 2.24) is 10.2 Å². The number of halogens is 2. The fourth-order valence-corrected chi connectivity index (χ4v) is 3.82. The SMILES string of the molecule is CCCc1cc(C2=C(O)CC(=O)C=C2)c(-c2cc(F)cc(F)c2)c(-c2cn[nH]c2)c1. The minimum absolute atomic E-state index is 0.0626. The summed E-state index contributed by atoms with van der Waals surface area (Å²) in [4.78, 5) is 11.7. The highest BCUT2D eigenvalue weighted by atomic mass is 19.1. The van der Waals surface area contributed by atoms with E-state index < -0.39 is 11.6 Å². The first-order valence-electron chi connectivity index (χ1n) is 9.72. The summed E-state index contributed by atoms with van der Waals surface area (Å²) in [5.74, 6) is -1.65. The monoisotopic (exact) mass is 406 g/mol. The minimum Gasteiger partial charge on any atom is -0.511 e. The highest BCUT2D eigenvalue weighted by Crippen LogP contribution is 2.41. The number of H-pyrrole nitrogens is 1. The van der Waals surface area contributed by atoms with E-state index in [0.717, 1.165) is 35.6 Å². The molecule has 3 aromatic rings. The molecule has 1 aromatic heterocycles. The van der Waals surface area contributed by atoms with Crippen LogP contribution < -0.4 is 0 Å². The summed E-state index contributed by atoms with van der Waals surface area (Å²) < 4.78 is 28.2. The van der Waals surface area contributed by atoms with Crippen molar-refractivity contribution in [1.29, 1.82) is 0 Å². The molecule has 0 bridgehead atoms. The van der Waals surface area contributed by atoms with Crippen LogP contribution in [0.15, 0.2) is 60.6 Å². The number of aromatic amines is 1. The Morgan fingerprint density at radius 3 is 2.40 bits per heavy atom. The highest BCUT2D eigenvalue weighted by molar-refractivity contribution is 6.02. The lowest BCUT2D eigenvalue weighted by molar-refractivity contribution is -0.114. The smallest absolute Gasteiger partial charge is 0.163 e. The Morgan fingerprint density at radius 2 is 1.77 bits per heavy atom. The van der Waals surface area contributed by atoms with Gasteiger partial charge in [0.1, 0.15) is 17.4 Å². The van der Waals surface area contributed by atoms with Crippen molar-refractivity contribution >= 4 is 11.4 Å². The van der Waals surface area contributed by atoms with Gasteiger partial charge < -0.3 is 5.11 Å².